The number of aryl methyl sites for hydroxylation is 1. The number of aromatic carboxylic acids is 1. The number of hydrogen-bond acceptors (Lipinski definition) is 3. The third-order valence-electron chi connectivity index (χ3n) is 2.80. The number of nitrogens with zero attached hydrogens (tertiary/aromatic N) is 2. The normalized spacial score (nSPS) is 10.3. The molecule has 0 aliphatic carbocycles. The molecule has 102 valence electrons. The highest BCUT2D eigenvalue weighted by Gasteiger charge is 2.16. The van der Waals surface area contributed by atoms with Crippen LogP contribution in [-0.4, -0.2) is 24.2 Å². The van der Waals surface area contributed by atoms with Crippen molar-refractivity contribution < 1.29 is 9.90 Å². The summed E-state index contributed by atoms with van der Waals surface area (Å²) in [5.74, 6) is -0.522. The predicted molar refractivity (Wildman–Crippen MR) is 75.4 cm³/mol. The summed E-state index contributed by atoms with van der Waals surface area (Å²) in [6.45, 7) is 7.32. The molecule has 0 spiro atoms. The summed E-state index contributed by atoms with van der Waals surface area (Å²) in [6.07, 6.45) is 0.389. The molecular formula is C15H20N2O2. The van der Waals surface area contributed by atoms with Crippen molar-refractivity contribution in [1.82, 2.24) is 0 Å². The van der Waals surface area contributed by atoms with Gasteiger partial charge < -0.3 is 10.0 Å². The zero-order valence-corrected chi connectivity index (χ0v) is 11.7. The van der Waals surface area contributed by atoms with Crippen molar-refractivity contribution in [3.05, 3.63) is 29.3 Å². The fourth-order valence-electron chi connectivity index (χ4n) is 2.03. The van der Waals surface area contributed by atoms with Gasteiger partial charge in [-0.3, -0.25) is 0 Å². The molecule has 0 aliphatic rings. The van der Waals surface area contributed by atoms with Gasteiger partial charge in [-0.15, -0.1) is 0 Å². The first-order chi connectivity index (χ1) is 8.95. The summed E-state index contributed by atoms with van der Waals surface area (Å²) in [6, 6.07) is 7.53. The van der Waals surface area contributed by atoms with Gasteiger partial charge in [-0.2, -0.15) is 5.26 Å². The second-order valence-corrected chi connectivity index (χ2v) is 5.07. The van der Waals surface area contributed by atoms with Gasteiger partial charge in [0, 0.05) is 13.1 Å². The summed E-state index contributed by atoms with van der Waals surface area (Å²) >= 11 is 0. The monoisotopic (exact) mass is 260 g/mol. The van der Waals surface area contributed by atoms with Crippen LogP contribution < -0.4 is 4.90 Å². The molecule has 4 nitrogen and oxygen atoms in total. The molecule has 0 saturated heterocycles. The van der Waals surface area contributed by atoms with E-state index in [2.05, 4.69) is 19.9 Å². The number of carbonyl (C=O) groups is 1. The molecule has 1 aromatic rings. The molecule has 1 aromatic carbocycles. The van der Waals surface area contributed by atoms with Gasteiger partial charge in [0.25, 0.3) is 0 Å². The van der Waals surface area contributed by atoms with E-state index in [1.54, 1.807) is 6.07 Å². The number of carboxylic acids is 1. The van der Waals surface area contributed by atoms with E-state index in [4.69, 9.17) is 5.26 Å². The summed E-state index contributed by atoms with van der Waals surface area (Å²) in [4.78, 5) is 13.3. The van der Waals surface area contributed by atoms with Crippen LogP contribution in [0.4, 0.5) is 5.69 Å². The van der Waals surface area contributed by atoms with Crippen LogP contribution in [0.15, 0.2) is 18.2 Å². The van der Waals surface area contributed by atoms with Crippen LogP contribution in [0.1, 0.15) is 36.2 Å². The Bertz CT molecular complexity index is 489. The number of carboxylic acid groups (broad SMARTS) is 1. The van der Waals surface area contributed by atoms with Gasteiger partial charge in [0.1, 0.15) is 0 Å². The molecule has 19 heavy (non-hydrogen) atoms. The maximum atomic E-state index is 11.3. The summed E-state index contributed by atoms with van der Waals surface area (Å²) in [5.41, 5.74) is 1.92. The van der Waals surface area contributed by atoms with Crippen molar-refractivity contribution in [2.24, 2.45) is 5.92 Å². The highest BCUT2D eigenvalue weighted by molar-refractivity contribution is 5.94. The fourth-order valence-corrected chi connectivity index (χ4v) is 2.03. The molecule has 4 heteroatoms. The summed E-state index contributed by atoms with van der Waals surface area (Å²) < 4.78 is 0. The molecule has 0 unspecified atom stereocenters. The van der Waals surface area contributed by atoms with Crippen molar-refractivity contribution in [3.8, 4) is 6.07 Å². The standard InChI is InChI=1S/C15H20N2O2/c1-11(2)10-17(8-4-7-16)14-6-5-12(3)9-13(14)15(18)19/h5-6,9,11H,4,8,10H2,1-3H3,(H,18,19). The topological polar surface area (TPSA) is 64.3 Å². The molecule has 0 bridgehead atoms. The Morgan fingerprint density at radius 2 is 2.16 bits per heavy atom. The minimum atomic E-state index is -0.926. The minimum Gasteiger partial charge on any atom is -0.478 e. The lowest BCUT2D eigenvalue weighted by molar-refractivity contribution is 0.0697. The van der Waals surface area contributed by atoms with E-state index in [9.17, 15) is 9.90 Å². The maximum absolute atomic E-state index is 11.3. The second-order valence-electron chi connectivity index (χ2n) is 5.07. The lowest BCUT2D eigenvalue weighted by atomic mass is 10.1. The Morgan fingerprint density at radius 3 is 2.68 bits per heavy atom. The lowest BCUT2D eigenvalue weighted by Gasteiger charge is -2.27. The largest absolute Gasteiger partial charge is 0.478 e. The number of nitriles is 1. The van der Waals surface area contributed by atoms with Crippen LogP contribution in [0.5, 0.6) is 0 Å². The highest BCUT2D eigenvalue weighted by atomic mass is 16.4. The maximum Gasteiger partial charge on any atom is 0.337 e. The quantitative estimate of drug-likeness (QED) is 0.853. The van der Waals surface area contributed by atoms with Gasteiger partial charge in [-0.25, -0.2) is 4.79 Å². The molecular weight excluding hydrogens is 240 g/mol. The van der Waals surface area contributed by atoms with Crippen LogP contribution in [0.2, 0.25) is 0 Å². The van der Waals surface area contributed by atoms with Gasteiger partial charge in [0.05, 0.1) is 23.7 Å². The van der Waals surface area contributed by atoms with E-state index in [-0.39, 0.29) is 0 Å². The Morgan fingerprint density at radius 1 is 1.47 bits per heavy atom. The van der Waals surface area contributed by atoms with Gasteiger partial charge in [-0.05, 0) is 25.0 Å². The smallest absolute Gasteiger partial charge is 0.337 e. The zero-order valence-electron chi connectivity index (χ0n) is 11.7. The summed E-state index contributed by atoms with van der Waals surface area (Å²) in [7, 11) is 0. The Hall–Kier alpha value is -2.02. The Labute approximate surface area is 114 Å². The molecule has 0 saturated carbocycles. The first-order valence-corrected chi connectivity index (χ1v) is 6.41. The Balaban J connectivity index is 3.13. The fraction of sp³-hybridized carbons (Fsp3) is 0.467. The molecule has 0 aliphatic heterocycles. The zero-order chi connectivity index (χ0) is 14.4. The molecule has 0 amide bonds. The molecule has 0 aromatic heterocycles. The van der Waals surface area contributed by atoms with Crippen molar-refractivity contribution in [3.63, 3.8) is 0 Å². The molecule has 0 heterocycles. The average molecular weight is 260 g/mol. The van der Waals surface area contributed by atoms with Gasteiger partial charge in [-0.1, -0.05) is 25.5 Å². The number of rotatable bonds is 6. The van der Waals surface area contributed by atoms with Crippen LogP contribution >= 0.6 is 0 Å². The molecule has 1 rings (SSSR count). The van der Waals surface area contributed by atoms with Crippen LogP contribution in [-0.2, 0) is 0 Å². The van der Waals surface area contributed by atoms with Crippen LogP contribution in [0, 0.1) is 24.2 Å². The van der Waals surface area contributed by atoms with Crippen molar-refractivity contribution in [1.29, 1.82) is 5.26 Å². The first kappa shape index (κ1) is 15.0. The van der Waals surface area contributed by atoms with E-state index >= 15 is 0 Å². The SMILES string of the molecule is Cc1ccc(N(CCC#N)CC(C)C)c(C(=O)O)c1. The van der Waals surface area contributed by atoms with E-state index in [1.165, 1.54) is 0 Å². The van der Waals surface area contributed by atoms with Gasteiger partial charge >= 0.3 is 5.97 Å². The van der Waals surface area contributed by atoms with E-state index in [1.807, 2.05) is 24.0 Å². The molecule has 0 radical (unpaired) electrons. The number of hydrogen-bond donors (Lipinski definition) is 1. The molecule has 0 atom stereocenters. The average Bonchev–Trinajstić information content (AvgIpc) is 2.34. The Kier molecular flexibility index (Phi) is 5.37. The second kappa shape index (κ2) is 6.79. The highest BCUT2D eigenvalue weighted by Crippen LogP contribution is 2.23. The first-order valence-electron chi connectivity index (χ1n) is 6.41. The van der Waals surface area contributed by atoms with Crippen LogP contribution in [0.3, 0.4) is 0 Å². The predicted octanol–water partition coefficient (Wildman–Crippen LogP) is 3.07. The van der Waals surface area contributed by atoms with Crippen molar-refractivity contribution in [2.75, 3.05) is 18.0 Å². The third kappa shape index (κ3) is 4.29. The van der Waals surface area contributed by atoms with E-state index in [0.29, 0.717) is 30.1 Å². The van der Waals surface area contributed by atoms with E-state index < -0.39 is 5.97 Å². The third-order valence-corrected chi connectivity index (χ3v) is 2.80. The molecule has 1 N–H and O–H groups in total. The van der Waals surface area contributed by atoms with Crippen molar-refractivity contribution in [2.45, 2.75) is 27.2 Å². The number of anilines is 1. The number of benzene rings is 1. The van der Waals surface area contributed by atoms with Gasteiger partial charge in [0.15, 0.2) is 0 Å². The lowest BCUT2D eigenvalue weighted by Crippen LogP contribution is -2.30. The minimum absolute atomic E-state index is 0.304. The summed E-state index contributed by atoms with van der Waals surface area (Å²) in [5, 5.41) is 18.0. The van der Waals surface area contributed by atoms with Gasteiger partial charge in [0.2, 0.25) is 0 Å². The van der Waals surface area contributed by atoms with Crippen molar-refractivity contribution >= 4 is 11.7 Å². The van der Waals surface area contributed by atoms with Crippen LogP contribution in [0.25, 0.3) is 0 Å². The molecule has 0 fully saturated rings. The van der Waals surface area contributed by atoms with E-state index in [0.717, 1.165) is 12.1 Å².